The Morgan fingerprint density at radius 3 is 2.15 bits per heavy atom. The third-order valence-corrected chi connectivity index (χ3v) is 15.5. The predicted molar refractivity (Wildman–Crippen MR) is 265 cm³/mol. The van der Waals surface area contributed by atoms with Crippen LogP contribution in [0, 0.1) is 10.8 Å². The van der Waals surface area contributed by atoms with E-state index in [2.05, 4.69) is 58.7 Å². The Labute approximate surface area is 429 Å². The second kappa shape index (κ2) is 27.3. The van der Waals surface area contributed by atoms with E-state index in [4.69, 9.17) is 24.3 Å². The van der Waals surface area contributed by atoms with Crippen molar-refractivity contribution in [2.45, 2.75) is 155 Å². The number of aromatic nitrogens is 4. The first-order chi connectivity index (χ1) is 34.4. The highest BCUT2D eigenvalue weighted by Crippen LogP contribution is 2.61. The summed E-state index contributed by atoms with van der Waals surface area (Å²) >= 11 is 0. The van der Waals surface area contributed by atoms with Crippen molar-refractivity contribution in [3.63, 3.8) is 0 Å². The first kappa shape index (κ1) is 62.4. The van der Waals surface area contributed by atoms with Crippen LogP contribution in [0.3, 0.4) is 0 Å². The van der Waals surface area contributed by atoms with Crippen LogP contribution < -0.4 is 16.4 Å². The molecule has 4 rings (SSSR count). The second-order valence-electron chi connectivity index (χ2n) is 20.0. The van der Waals surface area contributed by atoms with E-state index in [0.29, 0.717) is 12.9 Å². The van der Waals surface area contributed by atoms with Gasteiger partial charge in [-0.1, -0.05) is 71.2 Å². The molecule has 3 heterocycles. The molecule has 3 aromatic rings. The number of fused-ring (bicyclic) bond motifs is 1. The quantitative estimate of drug-likeness (QED) is 0.0229. The molecule has 0 aliphatic carbocycles. The molecule has 0 spiro atoms. The van der Waals surface area contributed by atoms with Crippen molar-refractivity contribution in [1.82, 2.24) is 30.2 Å². The number of nitrogens with zero attached hydrogens (tertiary/aromatic N) is 4. The number of nitrogen functional groups attached to an aromatic ring is 1. The number of ether oxygens (including phenoxy) is 2. The molecule has 74 heavy (non-hydrogen) atoms. The normalized spacial score (nSPS) is 19.6. The van der Waals surface area contributed by atoms with E-state index < -0.39 is 95.6 Å². The fraction of sp³-hybridized carbons (Fsp3) is 0.667. The van der Waals surface area contributed by atoms with Crippen LogP contribution in [0.5, 0.6) is 0 Å². The molecule has 1 aliphatic rings. The first-order valence-corrected chi connectivity index (χ1v) is 28.6. The molecule has 7 atom stereocenters. The van der Waals surface area contributed by atoms with Crippen LogP contribution in [0.15, 0.2) is 36.9 Å². The van der Waals surface area contributed by atoms with Gasteiger partial charge in [-0.25, -0.2) is 28.6 Å². The number of aliphatic hydroxyl groups is 2. The number of hydrogen-bond acceptors (Lipinski definition) is 19. The summed E-state index contributed by atoms with van der Waals surface area (Å²) in [5.74, 6) is -1.50. The SMILES string of the molecule is CC(C)(CCCCc1cccc(CCCCCCC(C)(C)C(=O)CCNC(=O)CCNC(=O)C(O)C(C)(C)COP(=O)(O)OP(=O)(O)OCC2OC(n3cnc4c(N)ncnc43)C(O)C2OP(=O)(O)O)c1)OC=O. The van der Waals surface area contributed by atoms with Crippen LogP contribution in [0.1, 0.15) is 123 Å². The van der Waals surface area contributed by atoms with Gasteiger partial charge in [-0.3, -0.25) is 37.3 Å². The van der Waals surface area contributed by atoms with Crippen LogP contribution >= 0.6 is 23.5 Å². The second-order valence-corrected chi connectivity index (χ2v) is 24.3. The fourth-order valence-electron chi connectivity index (χ4n) is 7.99. The number of anilines is 1. The van der Waals surface area contributed by atoms with Crippen LogP contribution in [0.4, 0.5) is 5.82 Å². The van der Waals surface area contributed by atoms with Crippen LogP contribution in [-0.2, 0) is 73.1 Å². The van der Waals surface area contributed by atoms with Crippen molar-refractivity contribution >= 4 is 64.5 Å². The number of nitrogens with one attached hydrogen (secondary N) is 2. The maximum Gasteiger partial charge on any atom is 0.481 e. The lowest BCUT2D eigenvalue weighted by atomic mass is 9.81. The molecule has 416 valence electrons. The summed E-state index contributed by atoms with van der Waals surface area (Å²) in [4.78, 5) is 100. The molecule has 2 amide bonds. The number of ketones is 1. The topological polar surface area (TPSA) is 390 Å². The Bertz CT molecular complexity index is 2510. The maximum atomic E-state index is 13.0. The number of aryl methyl sites for hydroxylation is 2. The monoisotopic (exact) mass is 1110 g/mol. The van der Waals surface area contributed by atoms with Crippen molar-refractivity contribution in [2.24, 2.45) is 10.8 Å². The van der Waals surface area contributed by atoms with Crippen LogP contribution in [-0.4, -0.2) is 130 Å². The number of phosphoric acid groups is 3. The van der Waals surface area contributed by atoms with E-state index in [0.717, 1.165) is 75.0 Å². The minimum atomic E-state index is -5.60. The molecule has 2 aromatic heterocycles. The molecule has 1 aromatic carbocycles. The third kappa shape index (κ3) is 20.1. The van der Waals surface area contributed by atoms with E-state index in [1.165, 1.54) is 25.0 Å². The van der Waals surface area contributed by atoms with Gasteiger partial charge >= 0.3 is 23.5 Å². The number of aliphatic hydroxyl groups excluding tert-OH is 2. The van der Waals surface area contributed by atoms with Crippen molar-refractivity contribution in [3.05, 3.63) is 48.0 Å². The summed E-state index contributed by atoms with van der Waals surface area (Å²) < 4.78 is 67.8. The molecular formula is C45H72N7O19P3. The number of amides is 2. The van der Waals surface area contributed by atoms with Crippen LogP contribution in [0.25, 0.3) is 11.2 Å². The van der Waals surface area contributed by atoms with Gasteiger partial charge in [0.25, 0.3) is 6.47 Å². The van der Waals surface area contributed by atoms with Gasteiger partial charge in [-0.15, -0.1) is 0 Å². The predicted octanol–water partition coefficient (Wildman–Crippen LogP) is 4.25. The van der Waals surface area contributed by atoms with Crippen LogP contribution in [0.2, 0.25) is 0 Å². The van der Waals surface area contributed by atoms with Gasteiger partial charge in [0.1, 0.15) is 47.6 Å². The van der Waals surface area contributed by atoms with Crippen molar-refractivity contribution in [3.8, 4) is 0 Å². The zero-order chi connectivity index (χ0) is 55.1. The maximum absolute atomic E-state index is 13.0. The number of imidazole rings is 1. The van der Waals surface area contributed by atoms with E-state index in [9.17, 15) is 62.7 Å². The number of carbonyl (C=O) groups is 4. The van der Waals surface area contributed by atoms with E-state index in [1.54, 1.807) is 0 Å². The molecule has 29 heteroatoms. The molecule has 26 nitrogen and oxygen atoms in total. The number of phosphoric ester groups is 3. The lowest BCUT2D eigenvalue weighted by Crippen LogP contribution is -2.46. The zero-order valence-corrected chi connectivity index (χ0v) is 45.1. The number of rotatable bonds is 34. The molecule has 0 bridgehead atoms. The Hall–Kier alpha value is -4.10. The largest absolute Gasteiger partial charge is 0.481 e. The first-order valence-electron chi connectivity index (χ1n) is 24.1. The third-order valence-electron chi connectivity index (χ3n) is 12.4. The molecule has 1 fully saturated rings. The Morgan fingerprint density at radius 2 is 1.49 bits per heavy atom. The van der Waals surface area contributed by atoms with Gasteiger partial charge in [0, 0.05) is 36.8 Å². The standard InChI is InChI=1S/C45H72N7O19P3/c1-43(2,20-11-8-7-9-14-30-16-13-17-31(24-30)15-10-12-21-45(5,6)66-29-53)33(54)18-22-47-34(55)19-23-48-41(58)38(57)44(3,4)26-68-74(64,65)71-73(62,63)67-25-32-37(70-72(59,60)61)36(56)42(69-32)52-28-51-35-39(46)49-27-50-40(35)52/h13,16-17,24,27-29,32,36-38,42,56-57H,7-12,14-15,18-23,25-26H2,1-6H3,(H,47,55)(H,48,58)(H,62,63)(H,64,65)(H2,46,49,50)(H2,59,60,61). The zero-order valence-electron chi connectivity index (χ0n) is 42.4. The summed E-state index contributed by atoms with van der Waals surface area (Å²) in [5.41, 5.74) is 5.81. The molecule has 1 saturated heterocycles. The summed E-state index contributed by atoms with van der Waals surface area (Å²) in [6, 6.07) is 8.63. The summed E-state index contributed by atoms with van der Waals surface area (Å²) in [6.45, 7) is 8.44. The number of hydrogen-bond donors (Lipinski definition) is 9. The van der Waals surface area contributed by atoms with Gasteiger partial charge in [0.05, 0.1) is 19.5 Å². The molecule has 0 radical (unpaired) electrons. The Kier molecular flexibility index (Phi) is 23.0. The molecule has 7 unspecified atom stereocenters. The smallest absolute Gasteiger partial charge is 0.462 e. The van der Waals surface area contributed by atoms with Gasteiger partial charge in [0.2, 0.25) is 11.8 Å². The van der Waals surface area contributed by atoms with E-state index in [1.807, 2.05) is 27.7 Å². The average molecular weight is 1110 g/mol. The average Bonchev–Trinajstić information content (AvgIpc) is 3.87. The Morgan fingerprint density at radius 1 is 0.865 bits per heavy atom. The number of unbranched alkanes of at least 4 members (excludes halogenated alkanes) is 4. The van der Waals surface area contributed by atoms with Crippen molar-refractivity contribution < 1.29 is 90.0 Å². The van der Waals surface area contributed by atoms with Crippen molar-refractivity contribution in [1.29, 1.82) is 0 Å². The molecule has 1 aliphatic heterocycles. The van der Waals surface area contributed by atoms with E-state index in [-0.39, 0.29) is 48.7 Å². The number of Topliss-reactive ketones (excluding diaryl/α,β-unsaturated/α-hetero) is 1. The summed E-state index contributed by atoms with van der Waals surface area (Å²) in [5, 5.41) is 26.7. The van der Waals surface area contributed by atoms with Gasteiger partial charge in [0.15, 0.2) is 17.7 Å². The molecule has 10 N–H and O–H groups in total. The summed E-state index contributed by atoms with van der Waals surface area (Å²) in [7, 11) is -16.5. The molecule has 0 saturated carbocycles. The van der Waals surface area contributed by atoms with Gasteiger partial charge < -0.3 is 55.6 Å². The fourth-order valence-corrected chi connectivity index (χ4v) is 10.8. The minimum Gasteiger partial charge on any atom is -0.462 e. The highest BCUT2D eigenvalue weighted by molar-refractivity contribution is 7.61. The van der Waals surface area contributed by atoms with Gasteiger partial charge in [-0.05, 0) is 69.9 Å². The lowest BCUT2D eigenvalue weighted by Gasteiger charge is -2.30. The van der Waals surface area contributed by atoms with Gasteiger partial charge in [-0.2, -0.15) is 4.31 Å². The summed E-state index contributed by atoms with van der Waals surface area (Å²) in [6.07, 6.45) is 2.45. The highest BCUT2D eigenvalue weighted by atomic mass is 31.3. The highest BCUT2D eigenvalue weighted by Gasteiger charge is 2.50. The van der Waals surface area contributed by atoms with E-state index >= 15 is 0 Å². The number of carbonyl (C=O) groups excluding carboxylic acids is 4. The lowest BCUT2D eigenvalue weighted by molar-refractivity contribution is -0.141. The van der Waals surface area contributed by atoms with Crippen molar-refractivity contribution in [2.75, 3.05) is 32.0 Å². The number of benzene rings is 1. The molecular weight excluding hydrogens is 1040 g/mol. The number of nitrogens with two attached hydrogens (primary N) is 1. The minimum absolute atomic E-state index is 0.00346. The Balaban J connectivity index is 1.11.